The number of likely N-dealkylation sites (N-methyl/N-ethyl adjacent to an activating group) is 1. The van der Waals surface area contributed by atoms with Crippen molar-refractivity contribution in [3.8, 4) is 0 Å². The zero-order valence-electron chi connectivity index (χ0n) is 8.68. The van der Waals surface area contributed by atoms with Gasteiger partial charge in [0, 0.05) is 6.54 Å². The molecule has 0 aliphatic heterocycles. The zero-order chi connectivity index (χ0) is 12.9. The van der Waals surface area contributed by atoms with Gasteiger partial charge in [-0.15, -0.1) is 0 Å². The fourth-order valence-corrected chi connectivity index (χ4v) is 0.852. The Bertz CT molecular complexity index is 270. The fourth-order valence-electron chi connectivity index (χ4n) is 0.852. The number of methoxy groups -OCH3 is 1. The molecule has 0 rings (SSSR count). The van der Waals surface area contributed by atoms with E-state index in [1.807, 2.05) is 0 Å². The van der Waals surface area contributed by atoms with E-state index in [0.29, 0.717) is 4.90 Å². The van der Waals surface area contributed by atoms with E-state index in [0.717, 1.165) is 7.11 Å². The van der Waals surface area contributed by atoms with Crippen LogP contribution in [0.5, 0.6) is 0 Å². The predicted molar refractivity (Wildman–Crippen MR) is 45.2 cm³/mol. The number of hydrogen-bond donors (Lipinski definition) is 0. The number of nitrogens with zero attached hydrogens (tertiary/aromatic N) is 1. The van der Waals surface area contributed by atoms with Crippen LogP contribution in [0, 0.1) is 0 Å². The molecule has 1 amide bonds. The molecule has 0 aliphatic carbocycles. The number of amides is 1. The van der Waals surface area contributed by atoms with Crippen molar-refractivity contribution in [2.45, 2.75) is 19.3 Å². The maximum Gasteiger partial charge on any atom is 0.383 e. The Labute approximate surface area is 89.2 Å². The monoisotopic (exact) mass is 245 g/mol. The van der Waals surface area contributed by atoms with Gasteiger partial charge in [-0.25, -0.2) is 8.78 Å². The van der Waals surface area contributed by atoms with Gasteiger partial charge in [0.1, 0.15) is 6.54 Å². The minimum atomic E-state index is -4.79. The van der Waals surface area contributed by atoms with E-state index in [4.69, 9.17) is 0 Å². The minimum Gasteiger partial charge on any atom is -0.468 e. The van der Waals surface area contributed by atoms with Crippen molar-refractivity contribution >= 4 is 11.9 Å². The Morgan fingerprint density at radius 1 is 1.38 bits per heavy atom. The van der Waals surface area contributed by atoms with Gasteiger partial charge in [0.15, 0.2) is 0 Å². The first kappa shape index (κ1) is 14.7. The molecule has 0 aromatic carbocycles. The summed E-state index contributed by atoms with van der Waals surface area (Å²) in [6.07, 6.45) is -4.10. The minimum absolute atomic E-state index is 0.295. The molecule has 16 heavy (non-hydrogen) atoms. The highest BCUT2D eigenvalue weighted by molar-refractivity contribution is 5.87. The van der Waals surface area contributed by atoms with Gasteiger partial charge in [0.05, 0.1) is 7.11 Å². The Morgan fingerprint density at radius 2 is 1.88 bits per heavy atom. The molecule has 0 aliphatic rings. The molecule has 94 valence electrons. The number of rotatable bonds is 5. The number of halogens is 4. The standard InChI is InChI=1S/C8H11F4NO3/c1-3-13(4-5(14)16-2)7(15)8(11,12)6(9)10/h6H,3-4H2,1-2H3. The quantitative estimate of drug-likeness (QED) is 0.534. The van der Waals surface area contributed by atoms with Crippen molar-refractivity contribution in [3.05, 3.63) is 0 Å². The maximum atomic E-state index is 12.6. The van der Waals surface area contributed by atoms with E-state index in [9.17, 15) is 27.2 Å². The maximum absolute atomic E-state index is 12.6. The van der Waals surface area contributed by atoms with Crippen LogP contribution in [-0.4, -0.2) is 49.3 Å². The predicted octanol–water partition coefficient (Wildman–Crippen LogP) is 0.908. The van der Waals surface area contributed by atoms with E-state index < -0.39 is 30.8 Å². The SMILES string of the molecule is CCN(CC(=O)OC)C(=O)C(F)(F)C(F)F. The van der Waals surface area contributed by atoms with Crippen LogP contribution < -0.4 is 0 Å². The van der Waals surface area contributed by atoms with Crippen LogP contribution in [-0.2, 0) is 14.3 Å². The third kappa shape index (κ3) is 3.35. The Morgan fingerprint density at radius 3 is 2.19 bits per heavy atom. The third-order valence-corrected chi connectivity index (χ3v) is 1.78. The van der Waals surface area contributed by atoms with Crippen molar-refractivity contribution in [1.82, 2.24) is 4.90 Å². The third-order valence-electron chi connectivity index (χ3n) is 1.78. The highest BCUT2D eigenvalue weighted by atomic mass is 19.3. The molecule has 0 unspecified atom stereocenters. The van der Waals surface area contributed by atoms with Gasteiger partial charge in [-0.2, -0.15) is 8.78 Å². The first-order chi connectivity index (χ1) is 7.27. The molecular formula is C8H11F4NO3. The van der Waals surface area contributed by atoms with Crippen LogP contribution in [0.1, 0.15) is 6.92 Å². The van der Waals surface area contributed by atoms with Gasteiger partial charge in [-0.1, -0.05) is 0 Å². The number of carbonyl (C=O) groups is 2. The van der Waals surface area contributed by atoms with E-state index >= 15 is 0 Å². The number of esters is 1. The summed E-state index contributed by atoms with van der Waals surface area (Å²) in [7, 11) is 0.992. The topological polar surface area (TPSA) is 46.6 Å². The summed E-state index contributed by atoms with van der Waals surface area (Å²) in [5.74, 6) is -7.83. The van der Waals surface area contributed by atoms with E-state index in [1.54, 1.807) is 0 Å². The van der Waals surface area contributed by atoms with Crippen LogP contribution in [0.3, 0.4) is 0 Å². The van der Waals surface area contributed by atoms with Crippen molar-refractivity contribution in [2.24, 2.45) is 0 Å². The Hall–Kier alpha value is -1.34. The summed E-state index contributed by atoms with van der Waals surface area (Å²) >= 11 is 0. The lowest BCUT2D eigenvalue weighted by molar-refractivity contribution is -0.182. The Kier molecular flexibility index (Phi) is 5.19. The van der Waals surface area contributed by atoms with Crippen LogP contribution in [0.25, 0.3) is 0 Å². The average Bonchev–Trinajstić information content (AvgIpc) is 2.24. The van der Waals surface area contributed by atoms with E-state index in [-0.39, 0.29) is 6.54 Å². The molecule has 0 fully saturated rings. The molecule has 0 radical (unpaired) electrons. The van der Waals surface area contributed by atoms with Crippen molar-refractivity contribution in [1.29, 1.82) is 0 Å². The number of carbonyl (C=O) groups excluding carboxylic acids is 2. The van der Waals surface area contributed by atoms with Gasteiger partial charge < -0.3 is 9.64 Å². The molecule has 0 saturated heterocycles. The van der Waals surface area contributed by atoms with Gasteiger partial charge in [0.2, 0.25) is 0 Å². The normalized spacial score (nSPS) is 11.4. The molecule has 0 saturated carbocycles. The molecule has 0 heterocycles. The van der Waals surface area contributed by atoms with E-state index in [1.165, 1.54) is 6.92 Å². The molecule has 0 atom stereocenters. The van der Waals surface area contributed by atoms with Gasteiger partial charge in [0.25, 0.3) is 5.91 Å². The number of hydrogen-bond acceptors (Lipinski definition) is 3. The Balaban J connectivity index is 4.72. The molecule has 0 N–H and O–H groups in total. The van der Waals surface area contributed by atoms with Gasteiger partial charge in [-0.3, -0.25) is 9.59 Å². The second-order valence-electron chi connectivity index (χ2n) is 2.82. The zero-order valence-corrected chi connectivity index (χ0v) is 8.68. The summed E-state index contributed by atoms with van der Waals surface area (Å²) in [6.45, 7) is 0.201. The molecule has 0 bridgehead atoms. The first-order valence-electron chi connectivity index (χ1n) is 4.29. The lowest BCUT2D eigenvalue weighted by Crippen LogP contribution is -2.49. The summed E-state index contributed by atoms with van der Waals surface area (Å²) in [6, 6.07) is 0. The largest absolute Gasteiger partial charge is 0.468 e. The van der Waals surface area contributed by atoms with Gasteiger partial charge >= 0.3 is 18.3 Å². The first-order valence-corrected chi connectivity index (χ1v) is 4.29. The lowest BCUT2D eigenvalue weighted by Gasteiger charge is -2.24. The highest BCUT2D eigenvalue weighted by Gasteiger charge is 2.51. The number of alkyl halides is 4. The van der Waals surface area contributed by atoms with Crippen LogP contribution >= 0.6 is 0 Å². The van der Waals surface area contributed by atoms with Crippen molar-refractivity contribution < 1.29 is 31.9 Å². The van der Waals surface area contributed by atoms with Crippen molar-refractivity contribution in [2.75, 3.05) is 20.2 Å². The van der Waals surface area contributed by atoms with Gasteiger partial charge in [-0.05, 0) is 6.92 Å². The second-order valence-corrected chi connectivity index (χ2v) is 2.82. The fraction of sp³-hybridized carbons (Fsp3) is 0.750. The van der Waals surface area contributed by atoms with E-state index in [2.05, 4.69) is 4.74 Å². The summed E-state index contributed by atoms with van der Waals surface area (Å²) in [5, 5.41) is 0. The smallest absolute Gasteiger partial charge is 0.383 e. The lowest BCUT2D eigenvalue weighted by atomic mass is 10.3. The summed E-state index contributed by atoms with van der Waals surface area (Å²) in [5.41, 5.74) is 0. The van der Waals surface area contributed by atoms with Crippen molar-refractivity contribution in [3.63, 3.8) is 0 Å². The highest BCUT2D eigenvalue weighted by Crippen LogP contribution is 2.25. The molecule has 0 spiro atoms. The van der Waals surface area contributed by atoms with Crippen LogP contribution in [0.15, 0.2) is 0 Å². The van der Waals surface area contributed by atoms with Crippen LogP contribution in [0.4, 0.5) is 17.6 Å². The molecule has 4 nitrogen and oxygen atoms in total. The second kappa shape index (κ2) is 5.66. The molecule has 0 aromatic rings. The summed E-state index contributed by atoms with van der Waals surface area (Å²) < 4.78 is 53.1. The molecule has 8 heteroatoms. The van der Waals surface area contributed by atoms with Crippen LogP contribution in [0.2, 0.25) is 0 Å². The molecular weight excluding hydrogens is 234 g/mol. The number of ether oxygens (including phenoxy) is 1. The average molecular weight is 245 g/mol. The molecule has 0 aromatic heterocycles. The summed E-state index contributed by atoms with van der Waals surface area (Å²) in [4.78, 5) is 22.0.